The van der Waals surface area contributed by atoms with E-state index in [1.54, 1.807) is 24.5 Å². The first-order valence-electron chi connectivity index (χ1n) is 8.96. The Bertz CT molecular complexity index is 1020. The molecule has 0 spiro atoms. The molecule has 0 fully saturated rings. The van der Waals surface area contributed by atoms with Gasteiger partial charge in [-0.15, -0.1) is 0 Å². The average molecular weight is 359 g/mol. The minimum Gasteiger partial charge on any atom is -0.462 e. The SMILES string of the molecule is CC1(c2ccncc2)Oc2ccccc2C2CC(c3ccc(F)cc3)=NN21. The molecule has 5 heteroatoms. The Morgan fingerprint density at radius 1 is 1.04 bits per heavy atom. The van der Waals surface area contributed by atoms with Crippen LogP contribution in [-0.4, -0.2) is 15.7 Å². The van der Waals surface area contributed by atoms with Crippen LogP contribution in [0.2, 0.25) is 0 Å². The molecule has 5 rings (SSSR count). The molecule has 4 nitrogen and oxygen atoms in total. The minimum atomic E-state index is -0.746. The smallest absolute Gasteiger partial charge is 0.221 e. The molecule has 2 unspecified atom stereocenters. The molecule has 2 aliphatic rings. The summed E-state index contributed by atoms with van der Waals surface area (Å²) in [6.07, 6.45) is 4.27. The van der Waals surface area contributed by atoms with Gasteiger partial charge < -0.3 is 4.74 Å². The summed E-state index contributed by atoms with van der Waals surface area (Å²) in [5, 5.41) is 6.95. The number of fused-ring (bicyclic) bond motifs is 3. The number of para-hydroxylation sites is 1. The highest BCUT2D eigenvalue weighted by atomic mass is 19.1. The second-order valence-electron chi connectivity index (χ2n) is 6.98. The van der Waals surface area contributed by atoms with E-state index in [4.69, 9.17) is 9.84 Å². The summed E-state index contributed by atoms with van der Waals surface area (Å²) in [7, 11) is 0. The maximum atomic E-state index is 13.3. The standard InChI is InChI=1S/C22H18FN3O/c1-22(16-10-12-24-13-11-16)26-20(18-4-2-3-5-21(18)27-22)14-19(25-26)15-6-8-17(23)9-7-15/h2-13,20H,14H2,1H3. The van der Waals surface area contributed by atoms with Gasteiger partial charge in [-0.1, -0.05) is 30.3 Å². The number of hydrogen-bond donors (Lipinski definition) is 0. The Balaban J connectivity index is 1.64. The number of hydrazone groups is 1. The molecule has 0 radical (unpaired) electrons. The van der Waals surface area contributed by atoms with Crippen molar-refractivity contribution in [2.45, 2.75) is 25.1 Å². The molecule has 1 aromatic heterocycles. The second-order valence-corrected chi connectivity index (χ2v) is 6.98. The van der Waals surface area contributed by atoms with E-state index in [2.05, 4.69) is 11.1 Å². The zero-order valence-corrected chi connectivity index (χ0v) is 14.8. The minimum absolute atomic E-state index is 0.0631. The van der Waals surface area contributed by atoms with Crippen LogP contribution < -0.4 is 4.74 Å². The lowest BCUT2D eigenvalue weighted by atomic mass is 9.93. The lowest BCUT2D eigenvalue weighted by molar-refractivity contribution is -0.112. The summed E-state index contributed by atoms with van der Waals surface area (Å²) in [5.41, 5.74) is 3.22. The molecular formula is C22H18FN3O. The highest BCUT2D eigenvalue weighted by molar-refractivity contribution is 6.02. The molecule has 2 aromatic carbocycles. The molecule has 2 atom stereocenters. The topological polar surface area (TPSA) is 37.7 Å². The number of benzene rings is 2. The van der Waals surface area contributed by atoms with Crippen molar-refractivity contribution < 1.29 is 9.13 Å². The monoisotopic (exact) mass is 359 g/mol. The number of pyridine rings is 1. The van der Waals surface area contributed by atoms with Gasteiger partial charge in [0.1, 0.15) is 11.6 Å². The molecular weight excluding hydrogens is 341 g/mol. The number of ether oxygens (including phenoxy) is 1. The van der Waals surface area contributed by atoms with E-state index in [1.807, 2.05) is 42.3 Å². The molecule has 3 aromatic rings. The molecule has 0 amide bonds. The fourth-order valence-corrected chi connectivity index (χ4v) is 3.92. The lowest BCUT2D eigenvalue weighted by Gasteiger charge is -2.45. The van der Waals surface area contributed by atoms with Crippen LogP contribution in [0.1, 0.15) is 36.1 Å². The van der Waals surface area contributed by atoms with Crippen LogP contribution in [0.25, 0.3) is 0 Å². The van der Waals surface area contributed by atoms with E-state index in [-0.39, 0.29) is 11.9 Å². The Kier molecular flexibility index (Phi) is 3.50. The van der Waals surface area contributed by atoms with Gasteiger partial charge >= 0.3 is 0 Å². The van der Waals surface area contributed by atoms with Crippen molar-refractivity contribution in [1.82, 2.24) is 9.99 Å². The first-order chi connectivity index (χ1) is 13.1. The summed E-state index contributed by atoms with van der Waals surface area (Å²) in [4.78, 5) is 4.13. The van der Waals surface area contributed by atoms with Gasteiger partial charge in [0.2, 0.25) is 5.72 Å². The molecule has 27 heavy (non-hydrogen) atoms. The predicted molar refractivity (Wildman–Crippen MR) is 101 cm³/mol. The van der Waals surface area contributed by atoms with E-state index in [9.17, 15) is 4.39 Å². The maximum Gasteiger partial charge on any atom is 0.221 e. The van der Waals surface area contributed by atoms with Crippen molar-refractivity contribution in [3.63, 3.8) is 0 Å². The zero-order valence-electron chi connectivity index (χ0n) is 14.8. The Morgan fingerprint density at radius 2 is 1.78 bits per heavy atom. The van der Waals surface area contributed by atoms with Gasteiger partial charge in [0.25, 0.3) is 0 Å². The lowest BCUT2D eigenvalue weighted by Crippen LogP contribution is -2.48. The van der Waals surface area contributed by atoms with Crippen molar-refractivity contribution in [2.75, 3.05) is 0 Å². The van der Waals surface area contributed by atoms with Crippen molar-refractivity contribution in [2.24, 2.45) is 5.10 Å². The Hall–Kier alpha value is -3.21. The van der Waals surface area contributed by atoms with E-state index < -0.39 is 5.72 Å². The van der Waals surface area contributed by atoms with Gasteiger partial charge in [0.05, 0.1) is 11.8 Å². The summed E-state index contributed by atoms with van der Waals surface area (Å²) in [6.45, 7) is 2.03. The van der Waals surface area contributed by atoms with E-state index >= 15 is 0 Å². The van der Waals surface area contributed by atoms with Crippen LogP contribution in [0, 0.1) is 5.82 Å². The van der Waals surface area contributed by atoms with Crippen molar-refractivity contribution >= 4 is 5.71 Å². The van der Waals surface area contributed by atoms with Crippen molar-refractivity contribution in [3.8, 4) is 5.75 Å². The first-order valence-corrected chi connectivity index (χ1v) is 8.96. The largest absolute Gasteiger partial charge is 0.462 e. The summed E-state index contributed by atoms with van der Waals surface area (Å²) < 4.78 is 19.8. The van der Waals surface area contributed by atoms with Gasteiger partial charge in [-0.05, 0) is 35.9 Å². The highest BCUT2D eigenvalue weighted by Crippen LogP contribution is 2.50. The third-order valence-corrected chi connectivity index (χ3v) is 5.33. The summed E-state index contributed by atoms with van der Waals surface area (Å²) >= 11 is 0. The van der Waals surface area contributed by atoms with Crippen LogP contribution in [0.4, 0.5) is 4.39 Å². The zero-order chi connectivity index (χ0) is 18.4. The van der Waals surface area contributed by atoms with E-state index in [1.165, 1.54) is 12.1 Å². The molecule has 2 aliphatic heterocycles. The number of halogens is 1. The molecule has 134 valence electrons. The summed E-state index contributed by atoms with van der Waals surface area (Å²) in [6, 6.07) is 18.6. The average Bonchev–Trinajstić information content (AvgIpc) is 3.16. The van der Waals surface area contributed by atoms with Crippen molar-refractivity contribution in [1.29, 1.82) is 0 Å². The highest BCUT2D eigenvalue weighted by Gasteiger charge is 2.48. The number of rotatable bonds is 2. The van der Waals surface area contributed by atoms with Crippen LogP contribution in [0.5, 0.6) is 5.75 Å². The second kappa shape index (κ2) is 5.91. The van der Waals surface area contributed by atoms with E-state index in [0.29, 0.717) is 0 Å². The molecule has 3 heterocycles. The maximum absolute atomic E-state index is 13.3. The van der Waals surface area contributed by atoms with Gasteiger partial charge in [-0.3, -0.25) is 4.98 Å². The fourth-order valence-electron chi connectivity index (χ4n) is 3.92. The third-order valence-electron chi connectivity index (χ3n) is 5.33. The van der Waals surface area contributed by atoms with Gasteiger partial charge in [-0.2, -0.15) is 5.10 Å². The fraction of sp³-hybridized carbons (Fsp3) is 0.182. The molecule has 0 saturated carbocycles. The van der Waals surface area contributed by atoms with Gasteiger partial charge in [0.15, 0.2) is 0 Å². The summed E-state index contributed by atoms with van der Waals surface area (Å²) in [5.74, 6) is 0.624. The number of nitrogens with zero attached hydrogens (tertiary/aromatic N) is 3. The van der Waals surface area contributed by atoms with Crippen LogP contribution in [0.3, 0.4) is 0 Å². The molecule has 0 N–H and O–H groups in total. The molecule has 0 saturated heterocycles. The van der Waals surface area contributed by atoms with Crippen molar-refractivity contribution in [3.05, 3.63) is 95.6 Å². The quantitative estimate of drug-likeness (QED) is 0.669. The Labute approximate surface area is 156 Å². The van der Waals surface area contributed by atoms with Gasteiger partial charge in [0, 0.05) is 36.9 Å². The van der Waals surface area contributed by atoms with E-state index in [0.717, 1.165) is 34.6 Å². The first kappa shape index (κ1) is 16.0. The third kappa shape index (κ3) is 2.50. The van der Waals surface area contributed by atoms with Gasteiger partial charge in [-0.25, -0.2) is 9.40 Å². The number of hydrogen-bond acceptors (Lipinski definition) is 4. The molecule has 0 bridgehead atoms. The van der Waals surface area contributed by atoms with Crippen LogP contribution >= 0.6 is 0 Å². The van der Waals surface area contributed by atoms with Crippen LogP contribution in [-0.2, 0) is 5.72 Å². The predicted octanol–water partition coefficient (Wildman–Crippen LogP) is 4.64. The molecule has 0 aliphatic carbocycles. The normalized spacial score (nSPS) is 23.3. The Morgan fingerprint density at radius 3 is 2.56 bits per heavy atom. The van der Waals surface area contributed by atoms with Crippen LogP contribution in [0.15, 0.2) is 78.2 Å². The number of aromatic nitrogens is 1.